The number of rotatable bonds is 3. The Bertz CT molecular complexity index is 971. The Morgan fingerprint density at radius 1 is 1.04 bits per heavy atom. The maximum Gasteiger partial charge on any atom is 0.277 e. The highest BCUT2D eigenvalue weighted by Gasteiger charge is 2.40. The molecule has 2 aromatic carbocycles. The predicted octanol–water partition coefficient (Wildman–Crippen LogP) is 3.45. The molecule has 3 amide bonds. The van der Waals surface area contributed by atoms with Gasteiger partial charge in [0.05, 0.1) is 11.3 Å². The molecule has 1 aliphatic heterocycles. The topological polar surface area (TPSA) is 66.5 Å². The Hall–Kier alpha value is -3.06. The maximum absolute atomic E-state index is 14.0. The monoisotopic (exact) mass is 376 g/mol. The van der Waals surface area contributed by atoms with Crippen LogP contribution in [-0.2, 0) is 14.4 Å². The van der Waals surface area contributed by atoms with E-state index in [4.69, 9.17) is 11.6 Å². The second-order valence-electron chi connectivity index (χ2n) is 5.49. The molecule has 132 valence electrons. The molecule has 3 rings (SSSR count). The van der Waals surface area contributed by atoms with Crippen molar-refractivity contribution < 1.29 is 23.2 Å². The number of amides is 3. The van der Waals surface area contributed by atoms with Crippen molar-refractivity contribution in [1.29, 1.82) is 0 Å². The number of carbonyl (C=O) groups is 3. The van der Waals surface area contributed by atoms with Gasteiger partial charge in [0.2, 0.25) is 5.91 Å². The number of halogens is 3. The Morgan fingerprint density at radius 2 is 1.69 bits per heavy atom. The molecule has 26 heavy (non-hydrogen) atoms. The van der Waals surface area contributed by atoms with Crippen LogP contribution in [0.4, 0.5) is 20.2 Å². The van der Waals surface area contributed by atoms with E-state index in [1.54, 1.807) is 0 Å². The van der Waals surface area contributed by atoms with E-state index >= 15 is 0 Å². The van der Waals surface area contributed by atoms with Crippen molar-refractivity contribution in [1.82, 2.24) is 0 Å². The van der Waals surface area contributed by atoms with Gasteiger partial charge in [0.15, 0.2) is 0 Å². The van der Waals surface area contributed by atoms with E-state index in [1.165, 1.54) is 31.2 Å². The van der Waals surface area contributed by atoms with Gasteiger partial charge in [-0.05, 0) is 29.8 Å². The Balaban J connectivity index is 1.99. The minimum absolute atomic E-state index is 0.130. The number of anilines is 2. The van der Waals surface area contributed by atoms with Gasteiger partial charge in [0.1, 0.15) is 16.7 Å². The molecule has 1 aliphatic rings. The summed E-state index contributed by atoms with van der Waals surface area (Å²) in [4.78, 5) is 36.5. The molecule has 0 atom stereocenters. The zero-order valence-corrected chi connectivity index (χ0v) is 14.1. The smallest absolute Gasteiger partial charge is 0.277 e. The van der Waals surface area contributed by atoms with Crippen molar-refractivity contribution in [3.8, 4) is 0 Å². The third-order valence-corrected chi connectivity index (χ3v) is 4.02. The van der Waals surface area contributed by atoms with Crippen LogP contribution in [0.2, 0.25) is 0 Å². The van der Waals surface area contributed by atoms with E-state index in [9.17, 15) is 23.2 Å². The predicted molar refractivity (Wildman–Crippen MR) is 92.4 cm³/mol. The standard InChI is InChI=1S/C18H11ClF2N2O3/c1-9(24)22-12-5-2-10(3-6-12)15-16(19)18(26)23(17(15)25)14-8-11(20)4-7-13(14)21/h2-8H,1H3,(H,22,24). The highest BCUT2D eigenvalue weighted by atomic mass is 35.5. The molecule has 5 nitrogen and oxygen atoms in total. The summed E-state index contributed by atoms with van der Waals surface area (Å²) in [5.41, 5.74) is 0.155. The quantitative estimate of drug-likeness (QED) is 0.834. The number of carbonyl (C=O) groups excluding carboxylic acids is 3. The molecule has 0 spiro atoms. The molecule has 0 fully saturated rings. The lowest BCUT2D eigenvalue weighted by molar-refractivity contribution is -0.120. The summed E-state index contributed by atoms with van der Waals surface area (Å²) in [5.74, 6) is -3.81. The highest BCUT2D eigenvalue weighted by Crippen LogP contribution is 2.36. The normalized spacial score (nSPS) is 14.2. The van der Waals surface area contributed by atoms with Crippen molar-refractivity contribution in [2.75, 3.05) is 10.2 Å². The molecule has 0 aromatic heterocycles. The minimum Gasteiger partial charge on any atom is -0.326 e. The maximum atomic E-state index is 14.0. The molecular weight excluding hydrogens is 366 g/mol. The summed E-state index contributed by atoms with van der Waals surface area (Å²) in [6.07, 6.45) is 0. The first-order chi connectivity index (χ1) is 12.3. The molecule has 0 aliphatic carbocycles. The molecule has 8 heteroatoms. The van der Waals surface area contributed by atoms with Gasteiger partial charge in [-0.15, -0.1) is 0 Å². The SMILES string of the molecule is CC(=O)Nc1ccc(C2=C(Cl)C(=O)N(c3cc(F)ccc3F)C2=O)cc1. The van der Waals surface area contributed by atoms with Crippen LogP contribution >= 0.6 is 11.6 Å². The first-order valence-electron chi connectivity index (χ1n) is 7.41. The van der Waals surface area contributed by atoms with E-state index in [2.05, 4.69) is 5.32 Å². The van der Waals surface area contributed by atoms with E-state index < -0.39 is 34.2 Å². The van der Waals surface area contributed by atoms with Crippen LogP contribution in [0.25, 0.3) is 5.57 Å². The lowest BCUT2D eigenvalue weighted by atomic mass is 10.1. The van der Waals surface area contributed by atoms with Crippen molar-refractivity contribution in [2.24, 2.45) is 0 Å². The van der Waals surface area contributed by atoms with Gasteiger partial charge in [-0.25, -0.2) is 13.7 Å². The number of hydrogen-bond acceptors (Lipinski definition) is 3. The van der Waals surface area contributed by atoms with Crippen LogP contribution in [0.5, 0.6) is 0 Å². The van der Waals surface area contributed by atoms with Crippen molar-refractivity contribution in [3.63, 3.8) is 0 Å². The Morgan fingerprint density at radius 3 is 2.31 bits per heavy atom. The summed E-state index contributed by atoms with van der Waals surface area (Å²) in [6, 6.07) is 8.46. The lowest BCUT2D eigenvalue weighted by Crippen LogP contribution is -2.32. The minimum atomic E-state index is -0.942. The number of hydrogen-bond donors (Lipinski definition) is 1. The fourth-order valence-corrected chi connectivity index (χ4v) is 2.83. The molecule has 1 heterocycles. The molecule has 0 saturated heterocycles. The number of benzene rings is 2. The summed E-state index contributed by atoms with van der Waals surface area (Å²) >= 11 is 6.00. The lowest BCUT2D eigenvalue weighted by Gasteiger charge is -2.15. The van der Waals surface area contributed by atoms with Crippen LogP contribution < -0.4 is 10.2 Å². The Labute approximate surface area is 151 Å². The van der Waals surface area contributed by atoms with Crippen molar-refractivity contribution in [2.45, 2.75) is 6.92 Å². The fraction of sp³-hybridized carbons (Fsp3) is 0.0556. The average molecular weight is 377 g/mol. The fourth-order valence-electron chi connectivity index (χ4n) is 2.55. The van der Waals surface area contributed by atoms with E-state index in [0.29, 0.717) is 16.2 Å². The van der Waals surface area contributed by atoms with E-state index in [-0.39, 0.29) is 11.5 Å². The van der Waals surface area contributed by atoms with Crippen molar-refractivity contribution in [3.05, 3.63) is 64.7 Å². The van der Waals surface area contributed by atoms with Crippen LogP contribution in [-0.4, -0.2) is 17.7 Å². The van der Waals surface area contributed by atoms with Gasteiger partial charge in [-0.1, -0.05) is 23.7 Å². The third kappa shape index (κ3) is 3.09. The summed E-state index contributed by atoms with van der Waals surface area (Å²) in [6.45, 7) is 1.35. The van der Waals surface area contributed by atoms with E-state index in [0.717, 1.165) is 18.2 Å². The second kappa shape index (κ2) is 6.68. The molecule has 1 N–H and O–H groups in total. The second-order valence-corrected chi connectivity index (χ2v) is 5.87. The van der Waals surface area contributed by atoms with Gasteiger partial charge in [-0.2, -0.15) is 0 Å². The average Bonchev–Trinajstić information content (AvgIpc) is 2.80. The molecular formula is C18H11ClF2N2O3. The van der Waals surface area contributed by atoms with Crippen LogP contribution in [0.1, 0.15) is 12.5 Å². The number of nitrogens with one attached hydrogen (secondary N) is 1. The summed E-state index contributed by atoms with van der Waals surface area (Å²) in [7, 11) is 0. The summed E-state index contributed by atoms with van der Waals surface area (Å²) in [5, 5.41) is 2.16. The van der Waals surface area contributed by atoms with Crippen LogP contribution in [0.15, 0.2) is 47.5 Å². The number of imide groups is 1. The molecule has 0 unspecified atom stereocenters. The number of nitrogens with zero attached hydrogens (tertiary/aromatic N) is 1. The largest absolute Gasteiger partial charge is 0.326 e. The first kappa shape index (κ1) is 17.8. The van der Waals surface area contributed by atoms with Gasteiger partial charge in [-0.3, -0.25) is 14.4 Å². The van der Waals surface area contributed by atoms with E-state index in [1.807, 2.05) is 0 Å². The van der Waals surface area contributed by atoms with Crippen LogP contribution in [0, 0.1) is 11.6 Å². The molecule has 0 saturated carbocycles. The zero-order valence-electron chi connectivity index (χ0n) is 13.3. The van der Waals surface area contributed by atoms with Gasteiger partial charge in [0, 0.05) is 18.7 Å². The van der Waals surface area contributed by atoms with Crippen LogP contribution in [0.3, 0.4) is 0 Å². The third-order valence-electron chi connectivity index (χ3n) is 3.67. The first-order valence-corrected chi connectivity index (χ1v) is 7.79. The molecule has 0 radical (unpaired) electrons. The summed E-state index contributed by atoms with van der Waals surface area (Å²) < 4.78 is 27.4. The van der Waals surface area contributed by atoms with Gasteiger partial charge >= 0.3 is 0 Å². The highest BCUT2D eigenvalue weighted by molar-refractivity contribution is 6.60. The zero-order chi connectivity index (χ0) is 19.0. The van der Waals surface area contributed by atoms with Crippen molar-refractivity contribution >= 4 is 46.3 Å². The van der Waals surface area contributed by atoms with Gasteiger partial charge < -0.3 is 5.32 Å². The molecule has 0 bridgehead atoms. The van der Waals surface area contributed by atoms with Gasteiger partial charge in [0.25, 0.3) is 11.8 Å². The molecule has 2 aromatic rings. The Kier molecular flexibility index (Phi) is 4.56.